The van der Waals surface area contributed by atoms with Gasteiger partial charge in [-0.1, -0.05) is 12.1 Å². The predicted octanol–water partition coefficient (Wildman–Crippen LogP) is 5.17. The van der Waals surface area contributed by atoms with Crippen LogP contribution in [-0.2, 0) is 19.0 Å². The van der Waals surface area contributed by atoms with E-state index in [1.54, 1.807) is 36.4 Å². The molecule has 2 saturated heterocycles. The van der Waals surface area contributed by atoms with Crippen molar-refractivity contribution in [2.75, 3.05) is 75.7 Å². The molecule has 5 aromatic carbocycles. The Kier molecular flexibility index (Phi) is 16.5. The molecule has 2 heterocycles. The van der Waals surface area contributed by atoms with Crippen LogP contribution in [-0.4, -0.2) is 135 Å². The highest BCUT2D eigenvalue weighted by Gasteiger charge is 2.49. The number of aldehydes is 1. The number of aliphatic hydroxyl groups excluding tert-OH is 5. The summed E-state index contributed by atoms with van der Waals surface area (Å²) in [5.74, 6) is -1.37. The first-order chi connectivity index (χ1) is 33.8. The third-order valence-corrected chi connectivity index (χ3v) is 12.9. The van der Waals surface area contributed by atoms with Gasteiger partial charge < -0.3 is 88.2 Å². The summed E-state index contributed by atoms with van der Waals surface area (Å²) in [6.07, 6.45) is -5.81. The number of phenolic OH excluding ortho intramolecular Hbond substituents is 3. The number of ether oxygens (including phenoxy) is 10. The van der Waals surface area contributed by atoms with Crippen molar-refractivity contribution in [2.45, 2.75) is 42.5 Å². The molecule has 2 aliphatic heterocycles. The number of carbonyl (C=O) groups excluding carboxylic acids is 1. The molecule has 8 N–H and O–H groups in total. The maximum atomic E-state index is 12.0. The Morgan fingerprint density at radius 3 is 1.83 bits per heavy atom. The van der Waals surface area contributed by atoms with Crippen LogP contribution in [0.5, 0.6) is 63.2 Å². The minimum absolute atomic E-state index is 0.0111. The van der Waals surface area contributed by atoms with Crippen LogP contribution < -0.4 is 33.2 Å². The molecule has 0 amide bonds. The molecule has 2 fully saturated rings. The molecule has 0 spiro atoms. The number of carbonyl (C=O) groups is 1. The lowest BCUT2D eigenvalue weighted by molar-refractivity contribution is -0.115. The van der Waals surface area contributed by atoms with Crippen molar-refractivity contribution in [1.29, 1.82) is 0 Å². The van der Waals surface area contributed by atoms with E-state index in [4.69, 9.17) is 47.4 Å². The van der Waals surface area contributed by atoms with Gasteiger partial charge in [-0.15, -0.1) is 0 Å². The molecular weight excluding hydrogens is 917 g/mol. The number of rotatable bonds is 22. The maximum Gasteiger partial charge on any atom is 0.201 e. The predicted molar refractivity (Wildman–Crippen MR) is 249 cm³/mol. The lowest BCUT2D eigenvalue weighted by Gasteiger charge is -2.26. The maximum absolute atomic E-state index is 12.0. The van der Waals surface area contributed by atoms with E-state index in [2.05, 4.69) is 0 Å². The molecule has 0 bridgehead atoms. The third kappa shape index (κ3) is 10.1. The fourth-order valence-corrected chi connectivity index (χ4v) is 9.09. The van der Waals surface area contributed by atoms with Gasteiger partial charge >= 0.3 is 0 Å². The van der Waals surface area contributed by atoms with E-state index in [1.807, 2.05) is 0 Å². The number of methoxy groups -OCH3 is 6. The minimum Gasteiger partial charge on any atom is -0.504 e. The largest absolute Gasteiger partial charge is 0.504 e. The van der Waals surface area contributed by atoms with Crippen LogP contribution in [0.25, 0.3) is 11.1 Å². The van der Waals surface area contributed by atoms with Gasteiger partial charge in [0.15, 0.2) is 69.9 Å². The number of benzene rings is 5. The highest BCUT2D eigenvalue weighted by Crippen LogP contribution is 2.55. The Labute approximate surface area is 403 Å². The van der Waals surface area contributed by atoms with Gasteiger partial charge in [-0.2, -0.15) is 0 Å². The van der Waals surface area contributed by atoms with Crippen LogP contribution in [0.1, 0.15) is 58.2 Å². The second-order valence-corrected chi connectivity index (χ2v) is 16.7. The summed E-state index contributed by atoms with van der Waals surface area (Å²) in [6.45, 7) is -1.21. The number of aromatic hydroxyl groups is 3. The fraction of sp³-hybridized carbons (Fsp3) is 0.392. The van der Waals surface area contributed by atoms with E-state index in [9.17, 15) is 45.6 Å². The SMILES string of the molecule is COc1cc(C(CO)C(O)c2cc(OC)c(O)c(Oc3ccc(C4OCC5C(c6cc(OC)c(O)cc6-c6cc(C(O)C(CO)OC)cc(OC)c6OC(C=O)CO)OCC45)cc3OC)c2)ccc1O. The standard InChI is InChI=1S/C51H58O19/c1-61-39-12-25(7-9-36(39)56)33(21-54)46(58)28-14-42(64-4)48(60)43(15-28)70-38-10-8-26(13-41(38)63-3)49-34-23-68-50(35(34)24-67-49)32-18-40(62-2)37(57)17-30(32)31-11-27(47(59)45(22-55)66-6)16-44(65-5)51(31)69-29(19-52)20-53/h7-19,29,33-35,45-47,49-50,53-60H,20-24H2,1-6H3. The van der Waals surface area contributed by atoms with Crippen LogP contribution in [0.3, 0.4) is 0 Å². The smallest absolute Gasteiger partial charge is 0.201 e. The molecule has 70 heavy (non-hydrogen) atoms. The van der Waals surface area contributed by atoms with E-state index in [0.29, 0.717) is 28.5 Å². The zero-order chi connectivity index (χ0) is 50.4. The summed E-state index contributed by atoms with van der Waals surface area (Å²) in [6, 6.07) is 18.6. The minimum atomic E-state index is -1.37. The second-order valence-electron chi connectivity index (χ2n) is 16.7. The molecule has 19 heteroatoms. The molecule has 376 valence electrons. The zero-order valence-electron chi connectivity index (χ0n) is 39.3. The Bertz CT molecular complexity index is 2620. The molecule has 19 nitrogen and oxygen atoms in total. The molecule has 0 radical (unpaired) electrons. The molecule has 0 aliphatic carbocycles. The average molecular weight is 975 g/mol. The normalized spacial score (nSPS) is 19.6. The molecule has 7 rings (SSSR count). The topological polar surface area (TPSA) is 271 Å². The van der Waals surface area contributed by atoms with Crippen molar-refractivity contribution in [2.24, 2.45) is 11.8 Å². The zero-order valence-corrected chi connectivity index (χ0v) is 39.3. The van der Waals surface area contributed by atoms with Crippen molar-refractivity contribution in [3.63, 3.8) is 0 Å². The van der Waals surface area contributed by atoms with Crippen LogP contribution in [0.2, 0.25) is 0 Å². The Morgan fingerprint density at radius 1 is 0.586 bits per heavy atom. The molecule has 5 aromatic rings. The molecule has 0 aromatic heterocycles. The van der Waals surface area contributed by atoms with Crippen molar-refractivity contribution >= 4 is 6.29 Å². The third-order valence-electron chi connectivity index (χ3n) is 12.9. The summed E-state index contributed by atoms with van der Waals surface area (Å²) in [5.41, 5.74) is 2.80. The number of phenols is 3. The average Bonchev–Trinajstić information content (AvgIpc) is 4.00. The number of hydrogen-bond acceptors (Lipinski definition) is 19. The Balaban J connectivity index is 1.21. The molecule has 9 unspecified atom stereocenters. The van der Waals surface area contributed by atoms with Crippen LogP contribution >= 0.6 is 0 Å². The second kappa shape index (κ2) is 22.5. The van der Waals surface area contributed by atoms with Gasteiger partial charge in [0.1, 0.15) is 12.2 Å². The van der Waals surface area contributed by atoms with Crippen molar-refractivity contribution in [1.82, 2.24) is 0 Å². The lowest BCUT2D eigenvalue weighted by atomic mass is 9.82. The summed E-state index contributed by atoms with van der Waals surface area (Å²) in [7, 11) is 8.28. The number of hydrogen-bond donors (Lipinski definition) is 8. The monoisotopic (exact) mass is 974 g/mol. The molecule has 0 saturated carbocycles. The van der Waals surface area contributed by atoms with Crippen LogP contribution in [0.15, 0.2) is 72.8 Å². The highest BCUT2D eigenvalue weighted by molar-refractivity contribution is 5.80. The molecular formula is C51H58O19. The van der Waals surface area contributed by atoms with Crippen molar-refractivity contribution in [3.05, 3.63) is 101 Å². The van der Waals surface area contributed by atoms with Gasteiger partial charge in [0.2, 0.25) is 5.75 Å². The van der Waals surface area contributed by atoms with Gasteiger partial charge in [-0.25, -0.2) is 0 Å². The van der Waals surface area contributed by atoms with E-state index in [1.165, 1.54) is 79.1 Å². The Morgan fingerprint density at radius 2 is 1.20 bits per heavy atom. The van der Waals surface area contributed by atoms with E-state index in [0.717, 1.165) is 0 Å². The lowest BCUT2D eigenvalue weighted by Crippen LogP contribution is -2.25. The summed E-state index contributed by atoms with van der Waals surface area (Å²) in [4.78, 5) is 12.0. The van der Waals surface area contributed by atoms with Gasteiger partial charge in [0, 0.05) is 30.4 Å². The summed E-state index contributed by atoms with van der Waals surface area (Å²) in [5, 5.41) is 85.9. The molecule has 9 atom stereocenters. The van der Waals surface area contributed by atoms with E-state index >= 15 is 0 Å². The van der Waals surface area contributed by atoms with Gasteiger partial charge in [-0.05, 0) is 94.0 Å². The molecule has 2 aliphatic rings. The number of aliphatic hydroxyl groups is 5. The van der Waals surface area contributed by atoms with Gasteiger partial charge in [-0.3, -0.25) is 4.79 Å². The van der Waals surface area contributed by atoms with Crippen LogP contribution in [0.4, 0.5) is 0 Å². The first-order valence-electron chi connectivity index (χ1n) is 22.1. The quantitative estimate of drug-likeness (QED) is 0.0416. The van der Waals surface area contributed by atoms with Gasteiger partial charge in [0.05, 0.1) is 86.9 Å². The van der Waals surface area contributed by atoms with Gasteiger partial charge in [0.25, 0.3) is 0 Å². The first kappa shape index (κ1) is 51.3. The van der Waals surface area contributed by atoms with E-state index < -0.39 is 62.4 Å². The highest BCUT2D eigenvalue weighted by atomic mass is 16.5. The fourth-order valence-electron chi connectivity index (χ4n) is 9.09. The van der Waals surface area contributed by atoms with Crippen LogP contribution in [0, 0.1) is 11.8 Å². The van der Waals surface area contributed by atoms with E-state index in [-0.39, 0.29) is 105 Å². The summed E-state index contributed by atoms with van der Waals surface area (Å²) < 4.78 is 58.4. The van der Waals surface area contributed by atoms with Crippen molar-refractivity contribution < 1.29 is 93.0 Å². The first-order valence-corrected chi connectivity index (χ1v) is 22.1. The van der Waals surface area contributed by atoms with Crippen molar-refractivity contribution in [3.8, 4) is 74.4 Å². The Hall–Kier alpha value is -6.55. The number of fused-ring (bicyclic) bond motifs is 1. The summed E-state index contributed by atoms with van der Waals surface area (Å²) >= 11 is 0.